The van der Waals surface area contributed by atoms with Gasteiger partial charge >= 0.3 is 0 Å². The second-order valence-electron chi connectivity index (χ2n) is 4.57. The van der Waals surface area contributed by atoms with Gasteiger partial charge in [-0.05, 0) is 51.5 Å². The van der Waals surface area contributed by atoms with Gasteiger partial charge in [0.05, 0.1) is 21.4 Å². The van der Waals surface area contributed by atoms with E-state index < -0.39 is 0 Å². The second-order valence-corrected chi connectivity index (χ2v) is 6.86. The first-order valence-electron chi connectivity index (χ1n) is 6.25. The number of hydrogen-bond donors (Lipinski definition) is 1. The molecule has 102 valence electrons. The predicted molar refractivity (Wildman–Crippen MR) is 85.6 cm³/mol. The Labute approximate surface area is 126 Å². The molecule has 2 heterocycles. The fraction of sp³-hybridized carbons (Fsp3) is 0.357. The standard InChI is InChI=1S/C14H18BrN3S/c1-3-12(16)13-5-4-11(7-17-13)18(2)8-10-6-14(15)19-9-10/h4-7,9,12H,3,8,16H2,1-2H3. The minimum atomic E-state index is 0.0344. The summed E-state index contributed by atoms with van der Waals surface area (Å²) in [5.41, 5.74) is 9.33. The first-order valence-corrected chi connectivity index (χ1v) is 7.93. The van der Waals surface area contributed by atoms with Gasteiger partial charge in [-0.15, -0.1) is 11.3 Å². The molecule has 1 unspecified atom stereocenters. The fourth-order valence-electron chi connectivity index (χ4n) is 1.85. The van der Waals surface area contributed by atoms with Crippen molar-refractivity contribution in [2.45, 2.75) is 25.9 Å². The summed E-state index contributed by atoms with van der Waals surface area (Å²) in [5, 5.41) is 2.16. The minimum absolute atomic E-state index is 0.0344. The van der Waals surface area contributed by atoms with Gasteiger partial charge in [0.2, 0.25) is 0 Å². The van der Waals surface area contributed by atoms with E-state index in [1.165, 1.54) is 9.35 Å². The zero-order valence-corrected chi connectivity index (χ0v) is 13.5. The maximum atomic E-state index is 5.97. The van der Waals surface area contributed by atoms with Crippen molar-refractivity contribution in [2.24, 2.45) is 5.73 Å². The molecule has 1 atom stereocenters. The van der Waals surface area contributed by atoms with Crippen LogP contribution in [0.2, 0.25) is 0 Å². The third kappa shape index (κ3) is 3.78. The van der Waals surface area contributed by atoms with Gasteiger partial charge in [-0.1, -0.05) is 6.92 Å². The highest BCUT2D eigenvalue weighted by atomic mass is 79.9. The summed E-state index contributed by atoms with van der Waals surface area (Å²) in [6, 6.07) is 6.28. The number of nitrogens with two attached hydrogens (primary N) is 1. The summed E-state index contributed by atoms with van der Waals surface area (Å²) in [6.45, 7) is 2.95. The number of halogens is 1. The molecular formula is C14H18BrN3S. The quantitative estimate of drug-likeness (QED) is 0.896. The van der Waals surface area contributed by atoms with E-state index in [0.717, 1.165) is 24.3 Å². The van der Waals surface area contributed by atoms with Crippen molar-refractivity contribution in [3.8, 4) is 0 Å². The maximum Gasteiger partial charge on any atom is 0.0701 e. The van der Waals surface area contributed by atoms with Crippen molar-refractivity contribution in [3.63, 3.8) is 0 Å². The van der Waals surface area contributed by atoms with Crippen LogP contribution in [0, 0.1) is 0 Å². The summed E-state index contributed by atoms with van der Waals surface area (Å²) in [4.78, 5) is 6.63. The van der Waals surface area contributed by atoms with Crippen LogP contribution in [-0.2, 0) is 6.54 Å². The average Bonchev–Trinajstić information content (AvgIpc) is 2.83. The van der Waals surface area contributed by atoms with E-state index in [1.807, 2.05) is 12.3 Å². The highest BCUT2D eigenvalue weighted by Gasteiger charge is 2.07. The molecule has 0 spiro atoms. The van der Waals surface area contributed by atoms with Gasteiger partial charge in [0.25, 0.3) is 0 Å². The lowest BCUT2D eigenvalue weighted by Gasteiger charge is -2.19. The molecule has 2 N–H and O–H groups in total. The zero-order chi connectivity index (χ0) is 13.8. The Morgan fingerprint density at radius 1 is 1.47 bits per heavy atom. The summed E-state index contributed by atoms with van der Waals surface area (Å²) in [6.07, 6.45) is 2.80. The highest BCUT2D eigenvalue weighted by Crippen LogP contribution is 2.23. The Kier molecular flexibility index (Phi) is 4.96. The van der Waals surface area contributed by atoms with Crippen LogP contribution < -0.4 is 10.6 Å². The monoisotopic (exact) mass is 339 g/mol. The number of hydrogen-bond acceptors (Lipinski definition) is 4. The number of nitrogens with zero attached hydrogens (tertiary/aromatic N) is 2. The van der Waals surface area contributed by atoms with E-state index in [0.29, 0.717) is 0 Å². The number of pyridine rings is 1. The average molecular weight is 340 g/mol. The van der Waals surface area contributed by atoms with E-state index >= 15 is 0 Å². The number of aromatic nitrogens is 1. The second kappa shape index (κ2) is 6.50. The molecule has 0 aliphatic carbocycles. The molecule has 0 aromatic carbocycles. The van der Waals surface area contributed by atoms with E-state index in [1.54, 1.807) is 11.3 Å². The summed E-state index contributed by atoms with van der Waals surface area (Å²) in [7, 11) is 2.07. The lowest BCUT2D eigenvalue weighted by Crippen LogP contribution is -2.17. The molecule has 0 bridgehead atoms. The van der Waals surface area contributed by atoms with Crippen LogP contribution in [-0.4, -0.2) is 12.0 Å². The zero-order valence-electron chi connectivity index (χ0n) is 11.1. The van der Waals surface area contributed by atoms with Crippen molar-refractivity contribution in [1.82, 2.24) is 4.98 Å². The van der Waals surface area contributed by atoms with E-state index in [4.69, 9.17) is 5.73 Å². The van der Waals surface area contributed by atoms with Crippen LogP contribution in [0.25, 0.3) is 0 Å². The summed E-state index contributed by atoms with van der Waals surface area (Å²) in [5.74, 6) is 0. The van der Waals surface area contributed by atoms with Gasteiger partial charge in [0.1, 0.15) is 0 Å². The first-order chi connectivity index (χ1) is 9.10. The maximum absolute atomic E-state index is 5.97. The molecule has 0 aliphatic heterocycles. The first kappa shape index (κ1) is 14.5. The molecule has 19 heavy (non-hydrogen) atoms. The van der Waals surface area contributed by atoms with Crippen LogP contribution in [0.5, 0.6) is 0 Å². The predicted octanol–water partition coefficient (Wildman–Crippen LogP) is 3.95. The van der Waals surface area contributed by atoms with Crippen molar-refractivity contribution in [3.05, 3.63) is 44.8 Å². The Morgan fingerprint density at radius 3 is 2.79 bits per heavy atom. The molecule has 0 saturated carbocycles. The lowest BCUT2D eigenvalue weighted by molar-refractivity contribution is 0.675. The molecule has 0 saturated heterocycles. The van der Waals surface area contributed by atoms with Crippen LogP contribution in [0.4, 0.5) is 5.69 Å². The minimum Gasteiger partial charge on any atom is -0.369 e. The molecule has 5 heteroatoms. The molecule has 2 aromatic heterocycles. The number of thiophene rings is 1. The van der Waals surface area contributed by atoms with Gasteiger partial charge < -0.3 is 10.6 Å². The number of anilines is 1. The molecule has 2 rings (SSSR count). The van der Waals surface area contributed by atoms with Gasteiger partial charge in [-0.2, -0.15) is 0 Å². The smallest absolute Gasteiger partial charge is 0.0701 e. The van der Waals surface area contributed by atoms with Gasteiger partial charge in [-0.3, -0.25) is 4.98 Å². The fourth-order valence-corrected chi connectivity index (χ4v) is 3.05. The van der Waals surface area contributed by atoms with Crippen molar-refractivity contribution in [1.29, 1.82) is 0 Å². The Bertz CT molecular complexity index is 524. The third-order valence-electron chi connectivity index (χ3n) is 3.07. The van der Waals surface area contributed by atoms with Crippen LogP contribution in [0.3, 0.4) is 0 Å². The number of rotatable bonds is 5. The summed E-state index contributed by atoms with van der Waals surface area (Å²) >= 11 is 5.19. The SMILES string of the molecule is CCC(N)c1ccc(N(C)Cc2csc(Br)c2)cn1. The molecule has 0 aliphatic rings. The topological polar surface area (TPSA) is 42.1 Å². The van der Waals surface area contributed by atoms with E-state index in [9.17, 15) is 0 Å². The highest BCUT2D eigenvalue weighted by molar-refractivity contribution is 9.11. The van der Waals surface area contributed by atoms with E-state index in [2.05, 4.69) is 57.3 Å². The van der Waals surface area contributed by atoms with Crippen molar-refractivity contribution >= 4 is 33.0 Å². The van der Waals surface area contributed by atoms with E-state index in [-0.39, 0.29) is 6.04 Å². The molecule has 0 amide bonds. The normalized spacial score (nSPS) is 12.4. The van der Waals surface area contributed by atoms with Crippen LogP contribution in [0.15, 0.2) is 33.6 Å². The molecule has 0 radical (unpaired) electrons. The van der Waals surface area contributed by atoms with Gasteiger partial charge in [0, 0.05) is 19.6 Å². The van der Waals surface area contributed by atoms with Crippen molar-refractivity contribution < 1.29 is 0 Å². The van der Waals surface area contributed by atoms with Gasteiger partial charge in [0.15, 0.2) is 0 Å². The van der Waals surface area contributed by atoms with Crippen LogP contribution in [0.1, 0.15) is 30.6 Å². The molecule has 3 nitrogen and oxygen atoms in total. The molecule has 2 aromatic rings. The molecule has 0 fully saturated rings. The lowest BCUT2D eigenvalue weighted by atomic mass is 10.1. The Balaban J connectivity index is 2.05. The van der Waals surface area contributed by atoms with Crippen LogP contribution >= 0.6 is 27.3 Å². The molecular weight excluding hydrogens is 322 g/mol. The summed E-state index contributed by atoms with van der Waals surface area (Å²) < 4.78 is 1.17. The Morgan fingerprint density at radius 2 is 2.26 bits per heavy atom. The Hall–Kier alpha value is -0.910. The largest absolute Gasteiger partial charge is 0.369 e. The van der Waals surface area contributed by atoms with Crippen molar-refractivity contribution in [2.75, 3.05) is 11.9 Å². The third-order valence-corrected chi connectivity index (χ3v) is 4.63. The van der Waals surface area contributed by atoms with Gasteiger partial charge in [-0.25, -0.2) is 0 Å².